The van der Waals surface area contributed by atoms with Crippen LogP contribution in [0, 0.1) is 5.92 Å². The van der Waals surface area contributed by atoms with Gasteiger partial charge < -0.3 is 24.1 Å². The Labute approximate surface area is 130 Å². The highest BCUT2D eigenvalue weighted by atomic mass is 32.1. The topological polar surface area (TPSA) is 115 Å². The van der Waals surface area contributed by atoms with E-state index < -0.39 is 20.1 Å². The molecule has 10 heteroatoms. The molecule has 21 heavy (non-hydrogen) atoms. The molecule has 1 aliphatic carbocycles. The number of thiol groups is 1. The van der Waals surface area contributed by atoms with Crippen LogP contribution in [-0.2, 0) is 9.13 Å². The summed E-state index contributed by atoms with van der Waals surface area (Å²) in [6.07, 6.45) is 1.47. The van der Waals surface area contributed by atoms with Gasteiger partial charge in [-0.05, 0) is 19.3 Å². The molecule has 2 rings (SSSR count). The minimum absolute atomic E-state index is 0.0520. The van der Waals surface area contributed by atoms with E-state index in [1.54, 1.807) is 0 Å². The van der Waals surface area contributed by atoms with Crippen LogP contribution in [0.4, 0.5) is 0 Å². The average molecular weight is 360 g/mol. The van der Waals surface area contributed by atoms with Gasteiger partial charge in [-0.25, -0.2) is 0 Å². The van der Waals surface area contributed by atoms with Crippen LogP contribution in [0.5, 0.6) is 0 Å². The maximum absolute atomic E-state index is 11.9. The molecule has 0 bridgehead atoms. The molecule has 3 atom stereocenters. The molecule has 0 amide bonds. The largest absolute Gasteiger partial charge is 0.344 e. The van der Waals surface area contributed by atoms with Gasteiger partial charge in [0.05, 0.1) is 26.2 Å². The standard InChI is InChI=1S/C11H23NO6P2S/c1-12(5-6-21)4-2-3-9-7-11(8-10(9)12,19(13,14)15)20(16,17)18/h9-10H,2-8H2,1H3,(H4-,13,14,15,16,17,18,21)/p+1. The van der Waals surface area contributed by atoms with Crippen molar-refractivity contribution in [2.45, 2.75) is 36.6 Å². The normalized spacial score (nSPS) is 36.5. The molecule has 2 aliphatic rings. The van der Waals surface area contributed by atoms with Gasteiger partial charge in [-0.2, -0.15) is 12.6 Å². The molecule has 1 aliphatic heterocycles. The Morgan fingerprint density at radius 3 is 2.24 bits per heavy atom. The quantitative estimate of drug-likeness (QED) is 0.290. The Balaban J connectivity index is 2.44. The third kappa shape index (κ3) is 2.90. The summed E-state index contributed by atoms with van der Waals surface area (Å²) < 4.78 is 24.4. The number of hydrogen-bond acceptors (Lipinski definition) is 3. The van der Waals surface area contributed by atoms with E-state index in [1.807, 2.05) is 7.05 Å². The Morgan fingerprint density at radius 1 is 1.19 bits per heavy atom. The molecule has 2 fully saturated rings. The first-order valence-corrected chi connectivity index (χ1v) is 10.9. The van der Waals surface area contributed by atoms with Crippen LogP contribution in [0.15, 0.2) is 0 Å². The lowest BCUT2D eigenvalue weighted by molar-refractivity contribution is -0.938. The predicted octanol–water partition coefficient (Wildman–Crippen LogP) is 0.987. The number of likely N-dealkylation sites (tertiary alicyclic amines) is 1. The summed E-state index contributed by atoms with van der Waals surface area (Å²) in [4.78, 5) is 36.4. The highest BCUT2D eigenvalue weighted by Gasteiger charge is 2.69. The lowest BCUT2D eigenvalue weighted by Gasteiger charge is -2.46. The first-order chi connectivity index (χ1) is 9.47. The highest BCUT2D eigenvalue weighted by molar-refractivity contribution is 7.80. The van der Waals surface area contributed by atoms with Crippen molar-refractivity contribution in [2.75, 3.05) is 25.9 Å². The summed E-state index contributed by atoms with van der Waals surface area (Å²) in [7, 11) is -7.81. The second-order valence-electron chi connectivity index (χ2n) is 6.60. The van der Waals surface area contributed by atoms with Gasteiger partial charge in [0, 0.05) is 18.1 Å². The van der Waals surface area contributed by atoms with E-state index in [2.05, 4.69) is 12.6 Å². The van der Waals surface area contributed by atoms with Crippen LogP contribution >= 0.6 is 27.8 Å². The van der Waals surface area contributed by atoms with Crippen LogP contribution in [0.25, 0.3) is 0 Å². The fourth-order valence-corrected chi connectivity index (χ4v) is 7.81. The number of rotatable bonds is 4. The van der Waals surface area contributed by atoms with Gasteiger partial charge in [0.2, 0.25) is 0 Å². The van der Waals surface area contributed by atoms with Gasteiger partial charge in [0.1, 0.15) is 0 Å². The van der Waals surface area contributed by atoms with Crippen molar-refractivity contribution in [3.05, 3.63) is 0 Å². The molecule has 0 aromatic carbocycles. The number of hydrogen-bond donors (Lipinski definition) is 5. The summed E-state index contributed by atoms with van der Waals surface area (Å²) in [5.41, 5.74) is 0. The maximum Gasteiger partial charge on any atom is 0.344 e. The molecule has 1 saturated heterocycles. The van der Waals surface area contributed by atoms with Crippen LogP contribution in [0.1, 0.15) is 25.7 Å². The Hall–Kier alpha value is 0.610. The first kappa shape index (κ1) is 18.0. The molecular weight excluding hydrogens is 336 g/mol. The lowest BCUT2D eigenvalue weighted by Crippen LogP contribution is -2.58. The van der Waals surface area contributed by atoms with Gasteiger partial charge >= 0.3 is 15.2 Å². The molecule has 0 aromatic heterocycles. The van der Waals surface area contributed by atoms with Gasteiger partial charge in [0.15, 0.2) is 4.90 Å². The summed E-state index contributed by atoms with van der Waals surface area (Å²) in [6.45, 7) is 1.60. The van der Waals surface area contributed by atoms with Gasteiger partial charge in [-0.1, -0.05) is 0 Å². The lowest BCUT2D eigenvalue weighted by atomic mass is 9.90. The van der Waals surface area contributed by atoms with Crippen LogP contribution in [-0.4, -0.2) is 60.9 Å². The second kappa shape index (κ2) is 5.60. The Bertz CT molecular complexity index is 479. The average Bonchev–Trinajstić information content (AvgIpc) is 2.70. The van der Waals surface area contributed by atoms with E-state index in [0.29, 0.717) is 10.2 Å². The molecule has 1 heterocycles. The molecule has 0 aromatic rings. The zero-order chi connectivity index (χ0) is 16.1. The predicted molar refractivity (Wildman–Crippen MR) is 82.3 cm³/mol. The molecule has 1 saturated carbocycles. The molecule has 0 radical (unpaired) electrons. The van der Waals surface area contributed by atoms with Crippen molar-refractivity contribution in [3.63, 3.8) is 0 Å². The first-order valence-electron chi connectivity index (χ1n) is 7.03. The Kier molecular flexibility index (Phi) is 4.79. The SMILES string of the molecule is C[N+]1(CCS)CCCC2CC(P(=O)(O)O)(P(=O)(O)O)CC21. The van der Waals surface area contributed by atoms with Gasteiger partial charge in [-0.15, -0.1) is 0 Å². The third-order valence-electron chi connectivity index (χ3n) is 5.41. The van der Waals surface area contributed by atoms with E-state index >= 15 is 0 Å². The van der Waals surface area contributed by atoms with Crippen LogP contribution in [0.3, 0.4) is 0 Å². The number of quaternary nitrogens is 1. The fraction of sp³-hybridized carbons (Fsp3) is 1.00. The smallest absolute Gasteiger partial charge is 0.324 e. The van der Waals surface area contributed by atoms with Crippen LogP contribution in [0.2, 0.25) is 0 Å². The van der Waals surface area contributed by atoms with Crippen molar-refractivity contribution in [2.24, 2.45) is 5.92 Å². The number of nitrogens with zero attached hydrogens (tertiary/aromatic N) is 1. The summed E-state index contributed by atoms with van der Waals surface area (Å²) in [5, 5.41) is 0. The molecule has 124 valence electrons. The second-order valence-corrected chi connectivity index (χ2v) is 11.3. The van der Waals surface area contributed by atoms with E-state index in [4.69, 9.17) is 0 Å². The van der Waals surface area contributed by atoms with Crippen molar-refractivity contribution < 1.29 is 33.2 Å². The molecule has 7 nitrogen and oxygen atoms in total. The minimum atomic E-state index is -4.91. The van der Waals surface area contributed by atoms with E-state index in [-0.39, 0.29) is 24.8 Å². The van der Waals surface area contributed by atoms with Crippen LogP contribution < -0.4 is 0 Å². The van der Waals surface area contributed by atoms with Gasteiger partial charge in [-0.3, -0.25) is 9.13 Å². The molecule has 4 N–H and O–H groups in total. The maximum atomic E-state index is 11.9. The van der Waals surface area contributed by atoms with E-state index in [0.717, 1.165) is 25.9 Å². The number of fused-ring (bicyclic) bond motifs is 1. The van der Waals surface area contributed by atoms with E-state index in [1.165, 1.54) is 0 Å². The summed E-state index contributed by atoms with van der Waals surface area (Å²) in [5.74, 6) is 0.585. The zero-order valence-corrected chi connectivity index (χ0v) is 14.7. The third-order valence-corrected chi connectivity index (χ3v) is 10.1. The van der Waals surface area contributed by atoms with Crippen molar-refractivity contribution in [3.8, 4) is 0 Å². The summed E-state index contributed by atoms with van der Waals surface area (Å²) in [6, 6.07) is -0.119. The Morgan fingerprint density at radius 2 is 1.76 bits per heavy atom. The van der Waals surface area contributed by atoms with Gasteiger partial charge in [0.25, 0.3) is 0 Å². The summed E-state index contributed by atoms with van der Waals surface area (Å²) >= 11 is 4.25. The molecular formula is C11H24NO6P2S+. The van der Waals surface area contributed by atoms with Crippen molar-refractivity contribution in [1.82, 2.24) is 0 Å². The monoisotopic (exact) mass is 360 g/mol. The fourth-order valence-electron chi connectivity index (χ4n) is 4.20. The van der Waals surface area contributed by atoms with Crippen molar-refractivity contribution >= 4 is 27.8 Å². The molecule has 3 unspecified atom stereocenters. The minimum Gasteiger partial charge on any atom is -0.324 e. The number of piperidine rings is 1. The van der Waals surface area contributed by atoms with Crippen molar-refractivity contribution in [1.29, 1.82) is 0 Å². The zero-order valence-electron chi connectivity index (χ0n) is 12.0. The molecule has 0 spiro atoms. The van der Waals surface area contributed by atoms with E-state index in [9.17, 15) is 28.7 Å². The highest BCUT2D eigenvalue weighted by Crippen LogP contribution is 2.76.